The van der Waals surface area contributed by atoms with Gasteiger partial charge in [0.1, 0.15) is 17.3 Å². The molecule has 0 bridgehead atoms. The van der Waals surface area contributed by atoms with E-state index >= 15 is 0 Å². The molecule has 7 heteroatoms. The molecule has 0 aromatic carbocycles. The number of hydrogen-bond donors (Lipinski definition) is 1. The SMILES string of the molecule is CCOC(=O)Cn1ccc2c(Cl)nc(N)nc21. The summed E-state index contributed by atoms with van der Waals surface area (Å²) < 4.78 is 6.48. The summed E-state index contributed by atoms with van der Waals surface area (Å²) in [7, 11) is 0. The fourth-order valence-electron chi connectivity index (χ4n) is 1.52. The molecule has 6 nitrogen and oxygen atoms in total. The minimum Gasteiger partial charge on any atom is -0.465 e. The van der Waals surface area contributed by atoms with Gasteiger partial charge < -0.3 is 15.0 Å². The van der Waals surface area contributed by atoms with Crippen LogP contribution in [0.15, 0.2) is 12.3 Å². The second kappa shape index (κ2) is 4.58. The summed E-state index contributed by atoms with van der Waals surface area (Å²) in [5, 5.41) is 0.931. The third-order valence-corrected chi connectivity index (χ3v) is 2.48. The molecule has 90 valence electrons. The first kappa shape index (κ1) is 11.7. The summed E-state index contributed by atoms with van der Waals surface area (Å²) in [6, 6.07) is 1.73. The number of nitrogens with two attached hydrogens (primary N) is 1. The molecule has 0 saturated heterocycles. The highest BCUT2D eigenvalue weighted by atomic mass is 35.5. The third-order valence-electron chi connectivity index (χ3n) is 2.19. The minimum atomic E-state index is -0.335. The van der Waals surface area contributed by atoms with Crippen molar-refractivity contribution in [1.29, 1.82) is 0 Å². The summed E-state index contributed by atoms with van der Waals surface area (Å²) in [5.74, 6) is -0.260. The van der Waals surface area contributed by atoms with Crippen molar-refractivity contribution in [2.24, 2.45) is 0 Å². The Balaban J connectivity index is 2.39. The maximum Gasteiger partial charge on any atom is 0.325 e. The molecule has 2 aromatic rings. The van der Waals surface area contributed by atoms with Crippen LogP contribution in [0, 0.1) is 0 Å². The largest absolute Gasteiger partial charge is 0.465 e. The molecule has 2 rings (SSSR count). The predicted octanol–water partition coefficient (Wildman–Crippen LogP) is 1.23. The number of ether oxygens (including phenoxy) is 1. The lowest BCUT2D eigenvalue weighted by atomic mass is 10.4. The molecule has 0 amide bonds. The number of halogens is 1. The number of nitrogens with zero attached hydrogens (tertiary/aromatic N) is 3. The van der Waals surface area contributed by atoms with Crippen molar-refractivity contribution in [3.05, 3.63) is 17.4 Å². The first-order valence-electron chi connectivity index (χ1n) is 5.05. The number of fused-ring (bicyclic) bond motifs is 1. The fraction of sp³-hybridized carbons (Fsp3) is 0.300. The van der Waals surface area contributed by atoms with Crippen LogP contribution in [0.2, 0.25) is 5.15 Å². The molecular weight excluding hydrogens is 244 g/mol. The summed E-state index contributed by atoms with van der Waals surface area (Å²) in [4.78, 5) is 19.3. The average molecular weight is 255 g/mol. The van der Waals surface area contributed by atoms with Gasteiger partial charge in [0.05, 0.1) is 12.0 Å². The Hall–Kier alpha value is -1.82. The molecule has 2 aromatic heterocycles. The van der Waals surface area contributed by atoms with Crippen molar-refractivity contribution in [3.8, 4) is 0 Å². The van der Waals surface area contributed by atoms with Gasteiger partial charge in [0.2, 0.25) is 5.95 Å². The standard InChI is InChI=1S/C10H11ClN4O2/c1-2-17-7(16)5-15-4-3-6-8(11)13-10(12)14-9(6)15/h3-4H,2,5H2,1H3,(H2,12,13,14). The van der Waals surface area contributed by atoms with E-state index < -0.39 is 0 Å². The summed E-state index contributed by atoms with van der Waals surface area (Å²) >= 11 is 5.91. The van der Waals surface area contributed by atoms with Gasteiger partial charge in [-0.2, -0.15) is 4.98 Å². The number of aromatic nitrogens is 3. The number of carbonyl (C=O) groups is 1. The molecule has 0 fully saturated rings. The smallest absolute Gasteiger partial charge is 0.325 e. The first-order chi connectivity index (χ1) is 8.11. The summed E-state index contributed by atoms with van der Waals surface area (Å²) in [5.41, 5.74) is 6.03. The lowest BCUT2D eigenvalue weighted by Crippen LogP contribution is -2.13. The summed E-state index contributed by atoms with van der Waals surface area (Å²) in [6.07, 6.45) is 1.70. The Morgan fingerprint density at radius 3 is 3.06 bits per heavy atom. The van der Waals surface area contributed by atoms with E-state index in [1.807, 2.05) is 0 Å². The lowest BCUT2D eigenvalue weighted by molar-refractivity contribution is -0.143. The van der Waals surface area contributed by atoms with E-state index in [-0.39, 0.29) is 23.6 Å². The summed E-state index contributed by atoms with van der Waals surface area (Å²) in [6.45, 7) is 2.17. The lowest BCUT2D eigenvalue weighted by Gasteiger charge is -2.04. The molecular formula is C10H11ClN4O2. The Morgan fingerprint density at radius 2 is 2.35 bits per heavy atom. The van der Waals surface area contributed by atoms with E-state index in [0.29, 0.717) is 17.6 Å². The molecule has 0 saturated carbocycles. The van der Waals surface area contributed by atoms with E-state index in [2.05, 4.69) is 9.97 Å². The highest BCUT2D eigenvalue weighted by molar-refractivity contribution is 6.34. The molecule has 2 heterocycles. The van der Waals surface area contributed by atoms with Crippen LogP contribution in [0.25, 0.3) is 11.0 Å². The average Bonchev–Trinajstić information content (AvgIpc) is 2.62. The molecule has 0 unspecified atom stereocenters. The van der Waals surface area contributed by atoms with Crippen molar-refractivity contribution in [3.63, 3.8) is 0 Å². The number of nitrogen functional groups attached to an aromatic ring is 1. The molecule has 0 spiro atoms. The van der Waals surface area contributed by atoms with E-state index in [1.165, 1.54) is 0 Å². The minimum absolute atomic E-state index is 0.0735. The van der Waals surface area contributed by atoms with Gasteiger partial charge in [0, 0.05) is 6.20 Å². The molecule has 2 N–H and O–H groups in total. The molecule has 0 aliphatic heterocycles. The van der Waals surface area contributed by atoms with Gasteiger partial charge in [-0.05, 0) is 13.0 Å². The van der Waals surface area contributed by atoms with Crippen molar-refractivity contribution in [2.75, 3.05) is 12.3 Å². The first-order valence-corrected chi connectivity index (χ1v) is 5.43. The van der Waals surface area contributed by atoms with Crippen LogP contribution in [0.5, 0.6) is 0 Å². The van der Waals surface area contributed by atoms with Crippen molar-refractivity contribution in [1.82, 2.24) is 14.5 Å². The number of esters is 1. The Morgan fingerprint density at radius 1 is 1.59 bits per heavy atom. The zero-order valence-electron chi connectivity index (χ0n) is 9.18. The number of hydrogen-bond acceptors (Lipinski definition) is 5. The zero-order chi connectivity index (χ0) is 12.4. The maximum atomic E-state index is 11.4. The highest BCUT2D eigenvalue weighted by Crippen LogP contribution is 2.22. The van der Waals surface area contributed by atoms with Gasteiger partial charge in [-0.3, -0.25) is 4.79 Å². The van der Waals surface area contributed by atoms with Gasteiger partial charge in [0.25, 0.3) is 0 Å². The van der Waals surface area contributed by atoms with Gasteiger partial charge in [-0.25, -0.2) is 4.98 Å². The van der Waals surface area contributed by atoms with Gasteiger partial charge in [0.15, 0.2) is 0 Å². The maximum absolute atomic E-state index is 11.4. The number of carbonyl (C=O) groups excluding carboxylic acids is 1. The van der Waals surface area contributed by atoms with Crippen LogP contribution in [-0.4, -0.2) is 27.1 Å². The monoisotopic (exact) mass is 254 g/mol. The van der Waals surface area contributed by atoms with Crippen LogP contribution in [-0.2, 0) is 16.1 Å². The molecule has 0 atom stereocenters. The van der Waals surface area contributed by atoms with Gasteiger partial charge >= 0.3 is 5.97 Å². The number of rotatable bonds is 3. The van der Waals surface area contributed by atoms with E-state index in [0.717, 1.165) is 0 Å². The topological polar surface area (TPSA) is 83.0 Å². The van der Waals surface area contributed by atoms with Crippen LogP contribution in [0.4, 0.5) is 5.95 Å². The molecule has 17 heavy (non-hydrogen) atoms. The molecule has 0 radical (unpaired) electrons. The Labute approximate surface area is 102 Å². The Kier molecular flexibility index (Phi) is 3.14. The second-order valence-electron chi connectivity index (χ2n) is 3.36. The highest BCUT2D eigenvalue weighted by Gasteiger charge is 2.11. The van der Waals surface area contributed by atoms with Crippen LogP contribution in [0.1, 0.15) is 6.92 Å². The normalized spacial score (nSPS) is 10.7. The van der Waals surface area contributed by atoms with E-state index in [4.69, 9.17) is 22.1 Å². The van der Waals surface area contributed by atoms with Crippen LogP contribution >= 0.6 is 11.6 Å². The van der Waals surface area contributed by atoms with Crippen molar-refractivity contribution in [2.45, 2.75) is 13.5 Å². The van der Waals surface area contributed by atoms with E-state index in [1.54, 1.807) is 23.8 Å². The molecule has 0 aliphatic rings. The third kappa shape index (κ3) is 2.31. The van der Waals surface area contributed by atoms with Crippen molar-refractivity contribution < 1.29 is 9.53 Å². The Bertz CT molecular complexity index is 567. The van der Waals surface area contributed by atoms with Crippen LogP contribution < -0.4 is 5.73 Å². The van der Waals surface area contributed by atoms with Gasteiger partial charge in [-0.15, -0.1) is 0 Å². The fourth-order valence-corrected chi connectivity index (χ4v) is 1.75. The van der Waals surface area contributed by atoms with Crippen LogP contribution in [0.3, 0.4) is 0 Å². The van der Waals surface area contributed by atoms with Gasteiger partial charge in [-0.1, -0.05) is 11.6 Å². The second-order valence-corrected chi connectivity index (χ2v) is 3.72. The predicted molar refractivity (Wildman–Crippen MR) is 63.6 cm³/mol. The molecule has 0 aliphatic carbocycles. The zero-order valence-corrected chi connectivity index (χ0v) is 9.94. The number of anilines is 1. The van der Waals surface area contributed by atoms with Crippen molar-refractivity contribution >= 4 is 34.6 Å². The quantitative estimate of drug-likeness (QED) is 0.658. The van der Waals surface area contributed by atoms with E-state index in [9.17, 15) is 4.79 Å².